The number of nitrogens with one attached hydrogen (secondary N) is 1. The molecule has 2 heterocycles. The number of aryl methyl sites for hydroxylation is 1. The Morgan fingerprint density at radius 2 is 1.87 bits per heavy atom. The first-order valence-corrected chi connectivity index (χ1v) is 14.0. The van der Waals surface area contributed by atoms with Gasteiger partial charge >= 0.3 is 6.09 Å². The minimum absolute atomic E-state index is 0.504. The van der Waals surface area contributed by atoms with Crippen LogP contribution in [0.3, 0.4) is 0 Å². The molecule has 210 valence electrons. The van der Waals surface area contributed by atoms with E-state index >= 15 is 0 Å². The van der Waals surface area contributed by atoms with E-state index in [0.29, 0.717) is 31.5 Å². The van der Waals surface area contributed by atoms with Crippen LogP contribution in [0.1, 0.15) is 48.9 Å². The minimum atomic E-state index is -0.820. The number of likely N-dealkylation sites (tertiary alicyclic amines) is 1. The molecular formula is C30H39N3O6. The highest BCUT2D eigenvalue weighted by Crippen LogP contribution is 2.35. The third kappa shape index (κ3) is 6.76. The number of carboxylic acid groups (broad SMARTS) is 1. The van der Waals surface area contributed by atoms with Gasteiger partial charge in [-0.15, -0.1) is 0 Å². The minimum Gasteiger partial charge on any atom is -0.497 e. The molecule has 0 atom stereocenters. The number of aromatic nitrogens is 1. The maximum atomic E-state index is 11.2. The number of nitrogens with zero attached hydrogens (tertiary/aromatic N) is 2. The maximum absolute atomic E-state index is 11.2. The van der Waals surface area contributed by atoms with Gasteiger partial charge in [0.1, 0.15) is 17.2 Å². The van der Waals surface area contributed by atoms with Gasteiger partial charge in [-0.3, -0.25) is 0 Å². The molecule has 5 rings (SSSR count). The zero-order chi connectivity index (χ0) is 27.2. The first-order chi connectivity index (χ1) is 19.1. The van der Waals surface area contributed by atoms with E-state index < -0.39 is 6.09 Å². The molecule has 1 aliphatic carbocycles. The van der Waals surface area contributed by atoms with Gasteiger partial charge in [0.05, 0.1) is 32.1 Å². The highest BCUT2D eigenvalue weighted by molar-refractivity contribution is 5.84. The van der Waals surface area contributed by atoms with Crippen molar-refractivity contribution in [3.63, 3.8) is 0 Å². The zero-order valence-corrected chi connectivity index (χ0v) is 22.9. The molecule has 0 radical (unpaired) electrons. The monoisotopic (exact) mass is 537 g/mol. The molecule has 2 aromatic carbocycles. The zero-order valence-electron chi connectivity index (χ0n) is 22.9. The number of hydrogen-bond donors (Lipinski definition) is 2. The van der Waals surface area contributed by atoms with Crippen LogP contribution in [0, 0.1) is 11.8 Å². The molecule has 39 heavy (non-hydrogen) atoms. The van der Waals surface area contributed by atoms with Crippen molar-refractivity contribution in [2.75, 3.05) is 40.5 Å². The summed E-state index contributed by atoms with van der Waals surface area (Å²) in [5.41, 5.74) is 3.87. The number of rotatable bonds is 13. The van der Waals surface area contributed by atoms with E-state index in [-0.39, 0.29) is 0 Å². The van der Waals surface area contributed by atoms with Crippen molar-refractivity contribution < 1.29 is 28.6 Å². The summed E-state index contributed by atoms with van der Waals surface area (Å²) in [4.78, 5) is 12.7. The summed E-state index contributed by atoms with van der Waals surface area (Å²) in [6.07, 6.45) is 6.05. The topological polar surface area (TPSA) is 106 Å². The van der Waals surface area contributed by atoms with Crippen LogP contribution in [-0.2, 0) is 19.4 Å². The molecule has 3 aromatic rings. The Balaban J connectivity index is 1.24. The molecule has 0 unspecified atom stereocenters. The molecule has 2 fully saturated rings. The predicted octanol–water partition coefficient (Wildman–Crippen LogP) is 5.29. The summed E-state index contributed by atoms with van der Waals surface area (Å²) < 4.78 is 23.0. The summed E-state index contributed by atoms with van der Waals surface area (Å²) >= 11 is 0. The van der Waals surface area contributed by atoms with Crippen LogP contribution in [0.2, 0.25) is 0 Å². The highest BCUT2D eigenvalue weighted by atomic mass is 16.5. The first-order valence-electron chi connectivity index (χ1n) is 14.0. The lowest BCUT2D eigenvalue weighted by Gasteiger charge is -2.29. The Morgan fingerprint density at radius 1 is 1.05 bits per heavy atom. The fourth-order valence-electron chi connectivity index (χ4n) is 5.31. The second-order valence-corrected chi connectivity index (χ2v) is 10.7. The van der Waals surface area contributed by atoms with Crippen molar-refractivity contribution in [2.45, 2.75) is 51.5 Å². The number of ether oxygens (including phenoxy) is 3. The molecule has 9 nitrogen and oxygen atoms in total. The molecular weight excluding hydrogens is 498 g/mol. The van der Waals surface area contributed by atoms with E-state index in [1.807, 2.05) is 18.2 Å². The van der Waals surface area contributed by atoms with Gasteiger partial charge in [-0.1, -0.05) is 11.2 Å². The Morgan fingerprint density at radius 3 is 2.59 bits per heavy atom. The lowest BCUT2D eigenvalue weighted by Crippen LogP contribution is -2.37. The average Bonchev–Trinajstić information content (AvgIpc) is 3.71. The van der Waals surface area contributed by atoms with E-state index in [2.05, 4.69) is 22.6 Å². The average molecular weight is 538 g/mol. The third-order valence-electron chi connectivity index (χ3n) is 7.99. The van der Waals surface area contributed by atoms with Crippen molar-refractivity contribution in [1.29, 1.82) is 0 Å². The number of piperidine rings is 1. The number of methoxy groups -OCH3 is 2. The van der Waals surface area contributed by atoms with Gasteiger partial charge in [-0.25, -0.2) is 4.79 Å². The Kier molecular flexibility index (Phi) is 8.76. The van der Waals surface area contributed by atoms with Crippen LogP contribution < -0.4 is 19.5 Å². The van der Waals surface area contributed by atoms with E-state index in [1.54, 1.807) is 14.2 Å². The highest BCUT2D eigenvalue weighted by Gasteiger charge is 2.25. The van der Waals surface area contributed by atoms with Crippen LogP contribution in [0.4, 0.5) is 4.79 Å². The third-order valence-corrected chi connectivity index (χ3v) is 7.99. The molecule has 1 saturated heterocycles. The molecule has 2 aliphatic rings. The number of carbonyl (C=O) groups is 1. The quantitative estimate of drug-likeness (QED) is 0.283. The lowest BCUT2D eigenvalue weighted by atomic mass is 9.91. The molecule has 1 aromatic heterocycles. The van der Waals surface area contributed by atoms with Crippen LogP contribution in [0.15, 0.2) is 34.9 Å². The van der Waals surface area contributed by atoms with E-state index in [1.165, 1.54) is 17.7 Å². The molecule has 2 N–H and O–H groups in total. The first kappa shape index (κ1) is 27.1. The molecule has 1 saturated carbocycles. The Labute approximate surface area is 229 Å². The number of fused-ring (bicyclic) bond motifs is 1. The van der Waals surface area contributed by atoms with Crippen molar-refractivity contribution >= 4 is 17.1 Å². The predicted molar refractivity (Wildman–Crippen MR) is 148 cm³/mol. The maximum Gasteiger partial charge on any atom is 0.407 e. The van der Waals surface area contributed by atoms with Crippen molar-refractivity contribution in [3.8, 4) is 17.2 Å². The Bertz CT molecular complexity index is 1260. The van der Waals surface area contributed by atoms with Crippen LogP contribution in [0.5, 0.6) is 17.2 Å². The van der Waals surface area contributed by atoms with Gasteiger partial charge in [0.25, 0.3) is 0 Å². The van der Waals surface area contributed by atoms with Gasteiger partial charge in [-0.2, -0.15) is 0 Å². The summed E-state index contributed by atoms with van der Waals surface area (Å²) in [6, 6.07) is 10.0. The van der Waals surface area contributed by atoms with Gasteiger partial charge in [0.2, 0.25) is 0 Å². The van der Waals surface area contributed by atoms with Crippen molar-refractivity contribution in [3.05, 3.63) is 47.2 Å². The second-order valence-electron chi connectivity index (χ2n) is 10.7. The number of hydrogen-bond acceptors (Lipinski definition) is 7. The van der Waals surface area contributed by atoms with E-state index in [0.717, 1.165) is 90.3 Å². The van der Waals surface area contributed by atoms with E-state index in [9.17, 15) is 9.90 Å². The molecule has 9 heteroatoms. The van der Waals surface area contributed by atoms with E-state index in [4.69, 9.17) is 18.7 Å². The SMILES string of the molecule is COc1ccc(CCNCc2c(OCC3CC3)ccc3c(CCC4CCN(C(=O)O)CC4)noc23)c(OC)c1. The van der Waals surface area contributed by atoms with Crippen molar-refractivity contribution in [2.24, 2.45) is 11.8 Å². The van der Waals surface area contributed by atoms with Gasteiger partial charge in [-0.05, 0) is 87.1 Å². The van der Waals surface area contributed by atoms with Crippen LogP contribution in [-0.4, -0.2) is 61.7 Å². The summed E-state index contributed by atoms with van der Waals surface area (Å²) in [5, 5.41) is 18.3. The van der Waals surface area contributed by atoms with Gasteiger partial charge < -0.3 is 34.1 Å². The molecule has 0 bridgehead atoms. The largest absolute Gasteiger partial charge is 0.497 e. The summed E-state index contributed by atoms with van der Waals surface area (Å²) in [7, 11) is 3.33. The van der Waals surface area contributed by atoms with Crippen LogP contribution in [0.25, 0.3) is 11.0 Å². The van der Waals surface area contributed by atoms with Gasteiger partial charge in [0.15, 0.2) is 5.58 Å². The summed E-state index contributed by atoms with van der Waals surface area (Å²) in [5.74, 6) is 3.61. The standard InChI is InChI=1S/C30H39N3O6/c1-36-23-7-6-22(28(17-23)37-2)11-14-31-18-25-27(38-19-21-3-4-21)10-8-24-26(32-39-29(24)25)9-5-20-12-15-33(16-13-20)30(34)35/h6-8,10,17,20-21,31H,3-5,9,11-16,18-19H2,1-2H3,(H,34,35). The van der Waals surface area contributed by atoms with Crippen molar-refractivity contribution in [1.82, 2.24) is 15.4 Å². The Hall–Kier alpha value is -3.46. The number of benzene rings is 2. The fourth-order valence-corrected chi connectivity index (χ4v) is 5.31. The van der Waals surface area contributed by atoms with Gasteiger partial charge in [0, 0.05) is 31.1 Å². The fraction of sp³-hybridized carbons (Fsp3) is 0.533. The molecule has 0 spiro atoms. The summed E-state index contributed by atoms with van der Waals surface area (Å²) in [6.45, 7) is 3.33. The van der Waals surface area contributed by atoms with Crippen LogP contribution >= 0.6 is 0 Å². The lowest BCUT2D eigenvalue weighted by molar-refractivity contribution is 0.123. The smallest absolute Gasteiger partial charge is 0.407 e. The molecule has 1 aliphatic heterocycles. The normalized spacial score (nSPS) is 16.0. The second kappa shape index (κ2) is 12.6. The number of amides is 1. The molecule has 1 amide bonds.